The summed E-state index contributed by atoms with van der Waals surface area (Å²) in [6.07, 6.45) is 7.64. The highest BCUT2D eigenvalue weighted by Crippen LogP contribution is 2.38. The molecule has 2 N–H and O–H groups in total. The lowest BCUT2D eigenvalue weighted by molar-refractivity contribution is -0.131. The Hall–Kier alpha value is -2.83. The first-order chi connectivity index (χ1) is 15.4. The molecule has 1 aliphatic carbocycles. The van der Waals surface area contributed by atoms with Crippen molar-refractivity contribution in [3.63, 3.8) is 0 Å². The van der Waals surface area contributed by atoms with Gasteiger partial charge in [0.25, 0.3) is 0 Å². The Morgan fingerprint density at radius 1 is 1.41 bits per heavy atom. The summed E-state index contributed by atoms with van der Waals surface area (Å²) in [5.41, 5.74) is 4.66. The van der Waals surface area contributed by atoms with Gasteiger partial charge in [0, 0.05) is 22.7 Å². The van der Waals surface area contributed by atoms with Gasteiger partial charge in [0.05, 0.1) is 5.56 Å². The van der Waals surface area contributed by atoms with Gasteiger partial charge in [-0.1, -0.05) is 6.92 Å². The first kappa shape index (κ1) is 22.4. The summed E-state index contributed by atoms with van der Waals surface area (Å²) in [6, 6.07) is 4.40. The number of aryl methyl sites for hydroxylation is 3. The molecule has 3 aromatic heterocycles. The SMILES string of the molecule is CCCc1nc(S/C(=C\c2cc(C)n(-c3sc4c(c3C#N)CCCC4)c2C)C(=O)O)n[nH]1. The molecule has 0 amide bonds. The molecule has 4 rings (SSSR count). The molecule has 0 saturated heterocycles. The average molecular weight is 468 g/mol. The fraction of sp³-hybridized carbons (Fsp3) is 0.391. The third kappa shape index (κ3) is 4.25. The van der Waals surface area contributed by atoms with Crippen LogP contribution in [0.3, 0.4) is 0 Å². The summed E-state index contributed by atoms with van der Waals surface area (Å²) in [6.45, 7) is 6.01. The van der Waals surface area contributed by atoms with Crippen molar-refractivity contribution < 1.29 is 9.90 Å². The van der Waals surface area contributed by atoms with Crippen molar-refractivity contribution in [1.82, 2.24) is 19.7 Å². The van der Waals surface area contributed by atoms with E-state index < -0.39 is 5.97 Å². The number of aliphatic carboxylic acids is 1. The van der Waals surface area contributed by atoms with E-state index in [1.165, 1.54) is 10.4 Å². The standard InChI is InChI=1S/C23H25N5O2S2/c1-4-7-20-25-23(27-26-20)32-19(22(29)30)11-15-10-13(2)28(14(15)3)21-17(12-24)16-8-5-6-9-18(16)31-21/h10-11H,4-9H2,1-3H3,(H,29,30)(H,25,26,27)/b19-11-. The molecule has 0 atom stereocenters. The quantitative estimate of drug-likeness (QED) is 0.365. The van der Waals surface area contributed by atoms with E-state index in [4.69, 9.17) is 0 Å². The van der Waals surface area contributed by atoms with Crippen LogP contribution in [0.25, 0.3) is 11.1 Å². The number of rotatable bonds is 7. The minimum atomic E-state index is -1.02. The van der Waals surface area contributed by atoms with Crippen molar-refractivity contribution in [2.24, 2.45) is 0 Å². The minimum absolute atomic E-state index is 0.151. The van der Waals surface area contributed by atoms with Gasteiger partial charge < -0.3 is 9.67 Å². The lowest BCUT2D eigenvalue weighted by Gasteiger charge is -2.10. The van der Waals surface area contributed by atoms with E-state index in [1.807, 2.05) is 19.9 Å². The second-order valence-electron chi connectivity index (χ2n) is 7.90. The van der Waals surface area contributed by atoms with E-state index in [1.54, 1.807) is 17.4 Å². The lowest BCUT2D eigenvalue weighted by Crippen LogP contribution is -2.02. The molecule has 166 valence electrons. The minimum Gasteiger partial charge on any atom is -0.477 e. The number of nitriles is 1. The molecule has 0 aromatic carbocycles. The number of hydrogen-bond acceptors (Lipinski definition) is 6. The van der Waals surface area contributed by atoms with Crippen molar-refractivity contribution in [3.05, 3.63) is 49.8 Å². The number of fused-ring (bicyclic) bond motifs is 1. The number of H-pyrrole nitrogens is 1. The molecule has 0 aliphatic heterocycles. The molecule has 9 heteroatoms. The van der Waals surface area contributed by atoms with Gasteiger partial charge in [-0.05, 0) is 81.0 Å². The van der Waals surface area contributed by atoms with Crippen LogP contribution in [0, 0.1) is 25.2 Å². The van der Waals surface area contributed by atoms with Gasteiger partial charge in [0.1, 0.15) is 21.8 Å². The maximum Gasteiger partial charge on any atom is 0.342 e. The predicted octanol–water partition coefficient (Wildman–Crippen LogP) is 5.19. The van der Waals surface area contributed by atoms with Gasteiger partial charge in [-0.2, -0.15) is 5.26 Å². The van der Waals surface area contributed by atoms with Crippen LogP contribution in [0.4, 0.5) is 0 Å². The zero-order valence-electron chi connectivity index (χ0n) is 18.4. The van der Waals surface area contributed by atoms with Crippen molar-refractivity contribution in [1.29, 1.82) is 5.26 Å². The van der Waals surface area contributed by atoms with Crippen LogP contribution < -0.4 is 0 Å². The van der Waals surface area contributed by atoms with Crippen LogP contribution in [0.2, 0.25) is 0 Å². The topological polar surface area (TPSA) is 108 Å². The maximum absolute atomic E-state index is 11.9. The summed E-state index contributed by atoms with van der Waals surface area (Å²) in [4.78, 5) is 17.8. The molecular formula is C23H25N5O2S2. The van der Waals surface area contributed by atoms with Crippen molar-refractivity contribution >= 4 is 35.1 Å². The fourth-order valence-electron chi connectivity index (χ4n) is 4.12. The van der Waals surface area contributed by atoms with Gasteiger partial charge in [-0.25, -0.2) is 9.78 Å². The first-order valence-electron chi connectivity index (χ1n) is 10.7. The van der Waals surface area contributed by atoms with Crippen LogP contribution in [0.15, 0.2) is 16.1 Å². The third-order valence-corrected chi connectivity index (χ3v) is 7.79. The summed E-state index contributed by atoms with van der Waals surface area (Å²) in [7, 11) is 0. The van der Waals surface area contributed by atoms with Crippen LogP contribution in [0.1, 0.15) is 65.0 Å². The van der Waals surface area contributed by atoms with Crippen LogP contribution in [0.5, 0.6) is 0 Å². The lowest BCUT2D eigenvalue weighted by atomic mass is 9.96. The fourth-order valence-corrected chi connectivity index (χ4v) is 6.28. The molecule has 0 radical (unpaired) electrons. The Balaban J connectivity index is 1.72. The average Bonchev–Trinajstić information content (AvgIpc) is 3.43. The van der Waals surface area contributed by atoms with Crippen LogP contribution in [-0.2, 0) is 24.1 Å². The third-order valence-electron chi connectivity index (χ3n) is 5.63. The molecule has 7 nitrogen and oxygen atoms in total. The molecule has 3 aromatic rings. The number of aromatic amines is 1. The van der Waals surface area contributed by atoms with Crippen molar-refractivity contribution in [2.75, 3.05) is 0 Å². The summed E-state index contributed by atoms with van der Waals surface area (Å²) in [5, 5.41) is 28.0. The Morgan fingerprint density at radius 3 is 2.91 bits per heavy atom. The van der Waals surface area contributed by atoms with Crippen LogP contribution in [-0.4, -0.2) is 30.8 Å². The second-order valence-corrected chi connectivity index (χ2v) is 9.99. The van der Waals surface area contributed by atoms with E-state index in [9.17, 15) is 15.2 Å². The molecule has 0 saturated carbocycles. The van der Waals surface area contributed by atoms with Crippen molar-refractivity contribution in [2.45, 2.75) is 64.5 Å². The summed E-state index contributed by atoms with van der Waals surface area (Å²) in [5.74, 6) is -0.269. The number of nitrogens with one attached hydrogen (secondary N) is 1. The smallest absolute Gasteiger partial charge is 0.342 e. The summed E-state index contributed by atoms with van der Waals surface area (Å²) < 4.78 is 2.09. The second kappa shape index (κ2) is 9.35. The Bertz CT molecular complexity index is 1240. The van der Waals surface area contributed by atoms with E-state index >= 15 is 0 Å². The predicted molar refractivity (Wildman–Crippen MR) is 126 cm³/mol. The molecule has 3 heterocycles. The van der Waals surface area contributed by atoms with Gasteiger partial charge in [0.2, 0.25) is 5.16 Å². The zero-order valence-corrected chi connectivity index (χ0v) is 20.0. The number of thioether (sulfide) groups is 1. The monoisotopic (exact) mass is 467 g/mol. The number of thiophene rings is 1. The highest BCUT2D eigenvalue weighted by atomic mass is 32.2. The highest BCUT2D eigenvalue weighted by molar-refractivity contribution is 8.04. The molecule has 0 unspecified atom stereocenters. The molecule has 0 bridgehead atoms. The number of hydrogen-bond donors (Lipinski definition) is 2. The van der Waals surface area contributed by atoms with Gasteiger partial charge in [-0.15, -0.1) is 16.4 Å². The van der Waals surface area contributed by atoms with Gasteiger partial charge in [-0.3, -0.25) is 5.10 Å². The maximum atomic E-state index is 11.9. The van der Waals surface area contributed by atoms with Crippen molar-refractivity contribution in [3.8, 4) is 11.1 Å². The van der Waals surface area contributed by atoms with Crippen LogP contribution >= 0.6 is 23.1 Å². The number of carboxylic acids is 1. The van der Waals surface area contributed by atoms with E-state index in [0.717, 1.165) is 83.6 Å². The highest BCUT2D eigenvalue weighted by Gasteiger charge is 2.24. The summed E-state index contributed by atoms with van der Waals surface area (Å²) >= 11 is 2.73. The number of nitrogens with zero attached hydrogens (tertiary/aromatic N) is 4. The van der Waals surface area contributed by atoms with E-state index in [0.29, 0.717) is 5.16 Å². The number of aromatic nitrogens is 4. The molecule has 0 fully saturated rings. The Labute approximate surface area is 195 Å². The first-order valence-corrected chi connectivity index (χ1v) is 12.3. The number of carbonyl (C=O) groups is 1. The molecular weight excluding hydrogens is 442 g/mol. The molecule has 32 heavy (non-hydrogen) atoms. The Morgan fingerprint density at radius 2 is 2.19 bits per heavy atom. The normalized spacial score (nSPS) is 13.8. The largest absolute Gasteiger partial charge is 0.477 e. The number of carboxylic acid groups (broad SMARTS) is 1. The molecule has 0 spiro atoms. The Kier molecular flexibility index (Phi) is 6.53. The van der Waals surface area contributed by atoms with E-state index in [2.05, 4.69) is 32.7 Å². The van der Waals surface area contributed by atoms with Gasteiger partial charge >= 0.3 is 5.97 Å². The van der Waals surface area contributed by atoms with Gasteiger partial charge in [0.15, 0.2) is 0 Å². The molecule has 1 aliphatic rings. The van der Waals surface area contributed by atoms with E-state index in [-0.39, 0.29) is 4.91 Å². The zero-order chi connectivity index (χ0) is 22.8.